The van der Waals surface area contributed by atoms with Crippen molar-refractivity contribution in [3.63, 3.8) is 0 Å². The van der Waals surface area contributed by atoms with Crippen molar-refractivity contribution in [3.05, 3.63) is 31.5 Å². The molecule has 2 aromatic heterocycles. The SMILES string of the molecule is CCNc1nnc(Cn2cncc(I)c2=O)s1. The largest absolute Gasteiger partial charge is 0.360 e. The van der Waals surface area contributed by atoms with Crippen LogP contribution < -0.4 is 10.9 Å². The Bertz CT molecular complexity index is 567. The van der Waals surface area contributed by atoms with Crippen LogP contribution in [0.5, 0.6) is 0 Å². The molecule has 0 bridgehead atoms. The quantitative estimate of drug-likeness (QED) is 0.826. The highest BCUT2D eigenvalue weighted by Gasteiger charge is 2.06. The van der Waals surface area contributed by atoms with Crippen molar-refractivity contribution in [1.82, 2.24) is 19.7 Å². The van der Waals surface area contributed by atoms with Crippen LogP contribution in [0.1, 0.15) is 11.9 Å². The number of hydrogen-bond donors (Lipinski definition) is 1. The predicted octanol–water partition coefficient (Wildman–Crippen LogP) is 1.18. The van der Waals surface area contributed by atoms with E-state index in [1.54, 1.807) is 6.20 Å². The molecule has 0 saturated heterocycles. The fraction of sp³-hybridized carbons (Fsp3) is 0.333. The Labute approximate surface area is 115 Å². The molecule has 0 radical (unpaired) electrons. The minimum atomic E-state index is -0.0548. The molecule has 2 heterocycles. The standard InChI is InChI=1S/C9H10IN5OS/c1-2-12-9-14-13-7(17-9)4-15-5-11-3-6(10)8(15)16/h3,5H,2,4H2,1H3,(H,12,14). The van der Waals surface area contributed by atoms with Gasteiger partial charge in [0.05, 0.1) is 16.4 Å². The second-order valence-electron chi connectivity index (χ2n) is 3.21. The zero-order valence-corrected chi connectivity index (χ0v) is 12.0. The van der Waals surface area contributed by atoms with Crippen molar-refractivity contribution >= 4 is 39.1 Å². The molecular formula is C9H10IN5OS. The lowest BCUT2D eigenvalue weighted by Gasteiger charge is -2.01. The van der Waals surface area contributed by atoms with Crippen LogP contribution in [0, 0.1) is 3.57 Å². The summed E-state index contributed by atoms with van der Waals surface area (Å²) in [6.07, 6.45) is 3.06. The molecule has 8 heteroatoms. The van der Waals surface area contributed by atoms with Gasteiger partial charge in [0.1, 0.15) is 5.01 Å². The van der Waals surface area contributed by atoms with E-state index in [4.69, 9.17) is 0 Å². The number of nitrogens with zero attached hydrogens (tertiary/aromatic N) is 4. The van der Waals surface area contributed by atoms with Crippen molar-refractivity contribution in [3.8, 4) is 0 Å². The smallest absolute Gasteiger partial charge is 0.267 e. The number of rotatable bonds is 4. The van der Waals surface area contributed by atoms with E-state index in [-0.39, 0.29) is 5.56 Å². The van der Waals surface area contributed by atoms with Crippen LogP contribution in [0.3, 0.4) is 0 Å². The van der Waals surface area contributed by atoms with Gasteiger partial charge in [-0.2, -0.15) is 0 Å². The van der Waals surface area contributed by atoms with E-state index in [1.165, 1.54) is 22.2 Å². The van der Waals surface area contributed by atoms with E-state index in [9.17, 15) is 4.79 Å². The minimum absolute atomic E-state index is 0.0548. The van der Waals surface area contributed by atoms with E-state index in [0.29, 0.717) is 10.1 Å². The Morgan fingerprint density at radius 1 is 1.53 bits per heavy atom. The van der Waals surface area contributed by atoms with Gasteiger partial charge in [-0.15, -0.1) is 10.2 Å². The summed E-state index contributed by atoms with van der Waals surface area (Å²) in [5, 5.41) is 12.6. The van der Waals surface area contributed by atoms with Crippen molar-refractivity contribution in [2.45, 2.75) is 13.5 Å². The Morgan fingerprint density at radius 3 is 3.12 bits per heavy atom. The summed E-state index contributed by atoms with van der Waals surface area (Å²) in [5.41, 5.74) is -0.0548. The maximum atomic E-state index is 11.8. The maximum Gasteiger partial charge on any atom is 0.267 e. The maximum absolute atomic E-state index is 11.8. The molecule has 17 heavy (non-hydrogen) atoms. The Kier molecular flexibility index (Phi) is 4.05. The number of aromatic nitrogens is 4. The first-order chi connectivity index (χ1) is 8.20. The number of halogens is 1. The first-order valence-corrected chi connectivity index (χ1v) is 6.86. The third kappa shape index (κ3) is 3.00. The van der Waals surface area contributed by atoms with Crippen LogP contribution >= 0.6 is 33.9 Å². The lowest BCUT2D eigenvalue weighted by atomic mass is 10.6. The zero-order chi connectivity index (χ0) is 12.3. The fourth-order valence-corrected chi connectivity index (χ4v) is 2.50. The average Bonchev–Trinajstić information content (AvgIpc) is 2.73. The molecule has 90 valence electrons. The molecule has 2 rings (SSSR count). The summed E-state index contributed by atoms with van der Waals surface area (Å²) in [6, 6.07) is 0. The molecule has 0 fully saturated rings. The molecule has 6 nitrogen and oxygen atoms in total. The topological polar surface area (TPSA) is 72.7 Å². The molecule has 0 spiro atoms. The lowest BCUT2D eigenvalue weighted by molar-refractivity contribution is 0.718. The fourth-order valence-electron chi connectivity index (χ4n) is 1.22. The Morgan fingerprint density at radius 2 is 2.35 bits per heavy atom. The average molecular weight is 363 g/mol. The van der Waals surface area contributed by atoms with E-state index < -0.39 is 0 Å². The van der Waals surface area contributed by atoms with Gasteiger partial charge < -0.3 is 5.32 Å². The van der Waals surface area contributed by atoms with Gasteiger partial charge in [0.25, 0.3) is 5.56 Å². The van der Waals surface area contributed by atoms with Crippen LogP contribution in [0.25, 0.3) is 0 Å². The predicted molar refractivity (Wildman–Crippen MR) is 74.4 cm³/mol. The molecule has 1 N–H and O–H groups in total. The third-order valence-electron chi connectivity index (χ3n) is 1.96. The molecule has 0 aliphatic rings. The molecule has 2 aromatic rings. The number of hydrogen-bond acceptors (Lipinski definition) is 6. The highest BCUT2D eigenvalue weighted by molar-refractivity contribution is 14.1. The molecular weight excluding hydrogens is 353 g/mol. The van der Waals surface area contributed by atoms with Crippen molar-refractivity contribution in [1.29, 1.82) is 0 Å². The highest BCUT2D eigenvalue weighted by Crippen LogP contribution is 2.15. The van der Waals surface area contributed by atoms with Crippen LogP contribution in [0.15, 0.2) is 17.3 Å². The van der Waals surface area contributed by atoms with Gasteiger partial charge in [-0.3, -0.25) is 9.36 Å². The van der Waals surface area contributed by atoms with Gasteiger partial charge in [-0.25, -0.2) is 4.98 Å². The summed E-state index contributed by atoms with van der Waals surface area (Å²) in [7, 11) is 0. The van der Waals surface area contributed by atoms with Crippen molar-refractivity contribution in [2.75, 3.05) is 11.9 Å². The van der Waals surface area contributed by atoms with Crippen molar-refractivity contribution in [2.24, 2.45) is 0 Å². The van der Waals surface area contributed by atoms with Gasteiger partial charge in [-0.1, -0.05) is 11.3 Å². The summed E-state index contributed by atoms with van der Waals surface area (Å²) in [6.45, 7) is 3.21. The van der Waals surface area contributed by atoms with E-state index in [1.807, 2.05) is 29.5 Å². The van der Waals surface area contributed by atoms with Gasteiger partial charge >= 0.3 is 0 Å². The molecule has 0 amide bonds. The van der Waals surface area contributed by atoms with Gasteiger partial charge in [0.2, 0.25) is 5.13 Å². The van der Waals surface area contributed by atoms with Crippen molar-refractivity contribution < 1.29 is 0 Å². The molecule has 0 unspecified atom stereocenters. The molecule has 0 aliphatic heterocycles. The van der Waals surface area contributed by atoms with E-state index in [0.717, 1.165) is 16.7 Å². The van der Waals surface area contributed by atoms with E-state index >= 15 is 0 Å². The van der Waals surface area contributed by atoms with Crippen LogP contribution in [-0.4, -0.2) is 26.3 Å². The second kappa shape index (κ2) is 5.54. The summed E-state index contributed by atoms with van der Waals surface area (Å²) < 4.78 is 2.12. The Balaban J connectivity index is 2.19. The monoisotopic (exact) mass is 363 g/mol. The second-order valence-corrected chi connectivity index (χ2v) is 5.43. The Hall–Kier alpha value is -1.03. The highest BCUT2D eigenvalue weighted by atomic mass is 127. The van der Waals surface area contributed by atoms with Gasteiger partial charge in [-0.05, 0) is 29.5 Å². The van der Waals surface area contributed by atoms with Gasteiger partial charge in [0, 0.05) is 12.7 Å². The number of anilines is 1. The summed E-state index contributed by atoms with van der Waals surface area (Å²) in [4.78, 5) is 15.7. The van der Waals surface area contributed by atoms with E-state index in [2.05, 4.69) is 20.5 Å². The first kappa shape index (κ1) is 12.4. The zero-order valence-electron chi connectivity index (χ0n) is 9.05. The number of nitrogens with one attached hydrogen (secondary N) is 1. The minimum Gasteiger partial charge on any atom is -0.360 e. The molecule has 0 atom stereocenters. The van der Waals surface area contributed by atoms with Crippen LogP contribution in [0.2, 0.25) is 0 Å². The summed E-state index contributed by atoms with van der Waals surface area (Å²) in [5.74, 6) is 0. The molecule has 0 aromatic carbocycles. The summed E-state index contributed by atoms with van der Waals surface area (Å²) >= 11 is 3.41. The van der Waals surface area contributed by atoms with Crippen LogP contribution in [0.4, 0.5) is 5.13 Å². The first-order valence-electron chi connectivity index (χ1n) is 4.97. The normalized spacial score (nSPS) is 10.5. The lowest BCUT2D eigenvalue weighted by Crippen LogP contribution is -2.22. The molecule has 0 aliphatic carbocycles. The van der Waals surface area contributed by atoms with Crippen LogP contribution in [-0.2, 0) is 6.54 Å². The molecule has 0 saturated carbocycles. The third-order valence-corrected chi connectivity index (χ3v) is 3.57. The van der Waals surface area contributed by atoms with Gasteiger partial charge in [0.15, 0.2) is 0 Å².